The number of phenols is 1. The Hall–Kier alpha value is -1.42. The van der Waals surface area contributed by atoms with E-state index in [2.05, 4.69) is 28.2 Å². The molecule has 0 unspecified atom stereocenters. The van der Waals surface area contributed by atoms with Crippen LogP contribution >= 0.6 is 0 Å². The van der Waals surface area contributed by atoms with Gasteiger partial charge in [-0.15, -0.1) is 0 Å². The number of piperazine rings is 1. The maximum Gasteiger partial charge on any atom is 0.140 e. The number of rotatable bonds is 2. The predicted molar refractivity (Wildman–Crippen MR) is 67.4 cm³/mol. The second-order valence-electron chi connectivity index (χ2n) is 4.24. The average Bonchev–Trinajstić information content (AvgIpc) is 2.30. The quantitative estimate of drug-likeness (QED) is 0.736. The summed E-state index contributed by atoms with van der Waals surface area (Å²) in [5, 5.41) is 12.7. The van der Waals surface area contributed by atoms with Crippen molar-refractivity contribution in [2.45, 2.75) is 0 Å². The summed E-state index contributed by atoms with van der Waals surface area (Å²) in [5.41, 5.74) is 1.88. The van der Waals surface area contributed by atoms with Gasteiger partial charge in [0.1, 0.15) is 5.75 Å². The smallest absolute Gasteiger partial charge is 0.140 e. The monoisotopic (exact) mass is 221 g/mol. The Kier molecular flexibility index (Phi) is 3.19. The van der Waals surface area contributed by atoms with Gasteiger partial charge in [-0.3, -0.25) is 0 Å². The predicted octanol–water partition coefficient (Wildman–Crippen LogP) is 1.19. The minimum atomic E-state index is 0.318. The molecule has 88 valence electrons. The van der Waals surface area contributed by atoms with Crippen molar-refractivity contribution in [3.05, 3.63) is 18.2 Å². The number of aromatic hydroxyl groups is 1. The Morgan fingerprint density at radius 2 is 1.88 bits per heavy atom. The molecule has 0 amide bonds. The number of hydrogen-bond acceptors (Lipinski definition) is 4. The van der Waals surface area contributed by atoms with Crippen LogP contribution in [0.1, 0.15) is 0 Å². The Morgan fingerprint density at radius 3 is 2.44 bits per heavy atom. The van der Waals surface area contributed by atoms with E-state index in [1.807, 2.05) is 19.2 Å². The first kappa shape index (κ1) is 11.1. The number of benzene rings is 1. The summed E-state index contributed by atoms with van der Waals surface area (Å²) < 4.78 is 0. The van der Waals surface area contributed by atoms with Crippen LogP contribution in [0.3, 0.4) is 0 Å². The van der Waals surface area contributed by atoms with Gasteiger partial charge in [-0.2, -0.15) is 0 Å². The molecule has 0 aliphatic carbocycles. The highest BCUT2D eigenvalue weighted by molar-refractivity contribution is 5.63. The van der Waals surface area contributed by atoms with E-state index in [1.165, 1.54) is 0 Å². The number of nitrogens with one attached hydrogen (secondary N) is 1. The third-order valence-electron chi connectivity index (χ3n) is 3.12. The largest absolute Gasteiger partial charge is 0.506 e. The van der Waals surface area contributed by atoms with E-state index >= 15 is 0 Å². The summed E-state index contributed by atoms with van der Waals surface area (Å²) in [6.07, 6.45) is 0. The second kappa shape index (κ2) is 4.61. The lowest BCUT2D eigenvalue weighted by Gasteiger charge is -2.34. The van der Waals surface area contributed by atoms with Gasteiger partial charge in [0, 0.05) is 45.0 Å². The van der Waals surface area contributed by atoms with E-state index in [-0.39, 0.29) is 0 Å². The number of hydrogen-bond donors (Lipinski definition) is 2. The molecule has 16 heavy (non-hydrogen) atoms. The number of anilines is 2. The molecule has 1 fully saturated rings. The molecule has 2 rings (SSSR count). The normalized spacial score (nSPS) is 17.5. The highest BCUT2D eigenvalue weighted by Crippen LogP contribution is 2.28. The van der Waals surface area contributed by atoms with Crippen LogP contribution in [0, 0.1) is 0 Å². The van der Waals surface area contributed by atoms with E-state index in [0.717, 1.165) is 37.6 Å². The maximum atomic E-state index is 9.77. The lowest BCUT2D eigenvalue weighted by Crippen LogP contribution is -2.44. The zero-order valence-electron chi connectivity index (χ0n) is 9.90. The molecule has 0 aromatic heterocycles. The van der Waals surface area contributed by atoms with E-state index in [1.54, 1.807) is 0 Å². The van der Waals surface area contributed by atoms with Gasteiger partial charge in [0.25, 0.3) is 0 Å². The van der Waals surface area contributed by atoms with Crippen LogP contribution in [0.2, 0.25) is 0 Å². The average molecular weight is 221 g/mol. The van der Waals surface area contributed by atoms with Crippen molar-refractivity contribution in [1.29, 1.82) is 0 Å². The molecule has 1 aliphatic rings. The van der Waals surface area contributed by atoms with Gasteiger partial charge in [-0.1, -0.05) is 0 Å². The minimum Gasteiger partial charge on any atom is -0.506 e. The standard InChI is InChI=1S/C12H19N3O/c1-13-11-4-3-10(9-12(11)16)15-7-5-14(2)6-8-15/h3-4,9,13,16H,5-8H2,1-2H3. The van der Waals surface area contributed by atoms with E-state index in [9.17, 15) is 5.11 Å². The Labute approximate surface area is 96.5 Å². The van der Waals surface area contributed by atoms with Crippen molar-refractivity contribution in [2.75, 3.05) is 50.5 Å². The maximum absolute atomic E-state index is 9.77. The van der Waals surface area contributed by atoms with Gasteiger partial charge in [0.15, 0.2) is 0 Å². The van der Waals surface area contributed by atoms with Crippen molar-refractivity contribution in [3.8, 4) is 5.75 Å². The van der Waals surface area contributed by atoms with E-state index in [4.69, 9.17) is 0 Å². The first-order chi connectivity index (χ1) is 7.70. The Balaban J connectivity index is 2.12. The van der Waals surface area contributed by atoms with Crippen LogP contribution < -0.4 is 10.2 Å². The van der Waals surface area contributed by atoms with E-state index in [0.29, 0.717) is 5.75 Å². The fourth-order valence-corrected chi connectivity index (χ4v) is 1.99. The topological polar surface area (TPSA) is 38.7 Å². The SMILES string of the molecule is CNc1ccc(N2CCN(C)CC2)cc1O. The Morgan fingerprint density at radius 1 is 1.19 bits per heavy atom. The summed E-state index contributed by atoms with van der Waals surface area (Å²) in [4.78, 5) is 4.62. The van der Waals surface area contributed by atoms with Crippen LogP contribution in [0.25, 0.3) is 0 Å². The molecule has 1 aromatic carbocycles. The molecule has 1 aromatic rings. The molecule has 1 heterocycles. The Bertz CT molecular complexity index is 359. The first-order valence-corrected chi connectivity index (χ1v) is 5.65. The summed E-state index contributed by atoms with van der Waals surface area (Å²) in [6.45, 7) is 4.20. The molecule has 0 atom stereocenters. The fourth-order valence-electron chi connectivity index (χ4n) is 1.99. The van der Waals surface area contributed by atoms with Crippen molar-refractivity contribution in [1.82, 2.24) is 4.90 Å². The first-order valence-electron chi connectivity index (χ1n) is 5.65. The molecular weight excluding hydrogens is 202 g/mol. The van der Waals surface area contributed by atoms with Crippen LogP contribution in [0.5, 0.6) is 5.75 Å². The van der Waals surface area contributed by atoms with Gasteiger partial charge >= 0.3 is 0 Å². The third kappa shape index (κ3) is 2.22. The molecule has 0 saturated carbocycles. The fraction of sp³-hybridized carbons (Fsp3) is 0.500. The molecule has 0 spiro atoms. The van der Waals surface area contributed by atoms with Crippen molar-refractivity contribution in [2.24, 2.45) is 0 Å². The third-order valence-corrected chi connectivity index (χ3v) is 3.12. The molecular formula is C12H19N3O. The van der Waals surface area contributed by atoms with Crippen LogP contribution in [0.4, 0.5) is 11.4 Å². The molecule has 4 nitrogen and oxygen atoms in total. The number of likely N-dealkylation sites (N-methyl/N-ethyl adjacent to an activating group) is 1. The highest BCUT2D eigenvalue weighted by atomic mass is 16.3. The van der Waals surface area contributed by atoms with Crippen LogP contribution in [-0.2, 0) is 0 Å². The lowest BCUT2D eigenvalue weighted by molar-refractivity contribution is 0.312. The van der Waals surface area contributed by atoms with Gasteiger partial charge in [-0.05, 0) is 19.2 Å². The zero-order chi connectivity index (χ0) is 11.5. The van der Waals surface area contributed by atoms with Crippen molar-refractivity contribution < 1.29 is 5.11 Å². The van der Waals surface area contributed by atoms with E-state index < -0.39 is 0 Å². The molecule has 4 heteroatoms. The summed E-state index contributed by atoms with van der Waals surface area (Å²) in [7, 11) is 3.95. The summed E-state index contributed by atoms with van der Waals surface area (Å²) in [5.74, 6) is 0.318. The zero-order valence-corrected chi connectivity index (χ0v) is 9.90. The summed E-state index contributed by atoms with van der Waals surface area (Å²) in [6, 6.07) is 5.80. The lowest BCUT2D eigenvalue weighted by atomic mass is 10.2. The van der Waals surface area contributed by atoms with Gasteiger partial charge < -0.3 is 20.2 Å². The van der Waals surface area contributed by atoms with Crippen LogP contribution in [0.15, 0.2) is 18.2 Å². The molecule has 1 aliphatic heterocycles. The van der Waals surface area contributed by atoms with Gasteiger partial charge in [0.05, 0.1) is 5.69 Å². The second-order valence-corrected chi connectivity index (χ2v) is 4.24. The van der Waals surface area contributed by atoms with Gasteiger partial charge in [0.2, 0.25) is 0 Å². The molecule has 1 saturated heterocycles. The van der Waals surface area contributed by atoms with Crippen molar-refractivity contribution >= 4 is 11.4 Å². The molecule has 2 N–H and O–H groups in total. The summed E-state index contributed by atoms with van der Waals surface area (Å²) >= 11 is 0. The van der Waals surface area contributed by atoms with Crippen LogP contribution in [-0.4, -0.2) is 50.3 Å². The van der Waals surface area contributed by atoms with Crippen molar-refractivity contribution in [3.63, 3.8) is 0 Å². The number of nitrogens with zero attached hydrogens (tertiary/aromatic N) is 2. The highest BCUT2D eigenvalue weighted by Gasteiger charge is 2.14. The van der Waals surface area contributed by atoms with Gasteiger partial charge in [-0.25, -0.2) is 0 Å². The molecule has 0 bridgehead atoms. The number of phenolic OH excluding ortho intramolecular Hbond substituents is 1. The molecule has 0 radical (unpaired) electrons. The minimum absolute atomic E-state index is 0.318.